The molecule has 0 aliphatic carbocycles. The van der Waals surface area contributed by atoms with Gasteiger partial charge in [-0.2, -0.15) is 5.26 Å². The van der Waals surface area contributed by atoms with Crippen LogP contribution in [-0.2, 0) is 10.2 Å². The third-order valence-electron chi connectivity index (χ3n) is 5.24. The van der Waals surface area contributed by atoms with E-state index in [4.69, 9.17) is 5.26 Å². The van der Waals surface area contributed by atoms with Crippen LogP contribution in [0.3, 0.4) is 0 Å². The molecule has 2 heterocycles. The molecule has 1 aromatic carbocycles. The normalized spacial score (nSPS) is 17.8. The van der Waals surface area contributed by atoms with E-state index >= 15 is 0 Å². The molecular formula is C23H24F2N4O2. The van der Waals surface area contributed by atoms with Crippen molar-refractivity contribution >= 4 is 11.8 Å². The van der Waals surface area contributed by atoms with E-state index in [9.17, 15) is 18.4 Å². The summed E-state index contributed by atoms with van der Waals surface area (Å²) in [6.45, 7) is 4.97. The number of nitriles is 1. The molecule has 0 bridgehead atoms. The summed E-state index contributed by atoms with van der Waals surface area (Å²) in [5.74, 6) is -4.34. The van der Waals surface area contributed by atoms with E-state index in [0.29, 0.717) is 11.1 Å². The third kappa shape index (κ3) is 5.05. The summed E-state index contributed by atoms with van der Waals surface area (Å²) in [7, 11) is 0. The number of hydrogen-bond donors (Lipinski definition) is 1. The highest BCUT2D eigenvalue weighted by Crippen LogP contribution is 2.32. The Morgan fingerprint density at radius 3 is 2.74 bits per heavy atom. The summed E-state index contributed by atoms with van der Waals surface area (Å²) in [6.07, 6.45) is 2.35. The predicted molar refractivity (Wildman–Crippen MR) is 111 cm³/mol. The number of nitrogens with zero attached hydrogens (tertiary/aromatic N) is 3. The van der Waals surface area contributed by atoms with Crippen LogP contribution >= 0.6 is 0 Å². The van der Waals surface area contributed by atoms with Crippen LogP contribution in [0.15, 0.2) is 42.7 Å². The smallest absolute Gasteiger partial charge is 0.268 e. The maximum absolute atomic E-state index is 13.6. The zero-order valence-corrected chi connectivity index (χ0v) is 17.7. The first-order chi connectivity index (χ1) is 14.5. The van der Waals surface area contributed by atoms with Gasteiger partial charge in [0, 0.05) is 24.4 Å². The summed E-state index contributed by atoms with van der Waals surface area (Å²) in [4.78, 5) is 30.1. The van der Waals surface area contributed by atoms with Gasteiger partial charge in [-0.25, -0.2) is 8.78 Å². The van der Waals surface area contributed by atoms with Crippen LogP contribution in [0.2, 0.25) is 0 Å². The summed E-state index contributed by atoms with van der Waals surface area (Å²) in [5.41, 5.74) is 2.73. The van der Waals surface area contributed by atoms with Gasteiger partial charge in [0.15, 0.2) is 0 Å². The van der Waals surface area contributed by atoms with Crippen molar-refractivity contribution in [2.45, 2.75) is 44.6 Å². The number of alkyl halides is 2. The minimum atomic E-state index is -3.10. The molecule has 2 amide bonds. The molecule has 1 saturated heterocycles. The first-order valence-corrected chi connectivity index (χ1v) is 9.92. The molecule has 1 aliphatic heterocycles. The fourth-order valence-electron chi connectivity index (χ4n) is 3.52. The molecular weight excluding hydrogens is 402 g/mol. The van der Waals surface area contributed by atoms with Gasteiger partial charge in [0.2, 0.25) is 5.91 Å². The second-order valence-corrected chi connectivity index (χ2v) is 8.66. The Labute approximate surface area is 179 Å². The first-order valence-electron chi connectivity index (χ1n) is 9.92. The topological polar surface area (TPSA) is 86.1 Å². The zero-order valence-electron chi connectivity index (χ0n) is 17.7. The van der Waals surface area contributed by atoms with E-state index in [0.717, 1.165) is 16.0 Å². The van der Waals surface area contributed by atoms with E-state index in [1.165, 1.54) is 6.20 Å². The maximum atomic E-state index is 13.6. The van der Waals surface area contributed by atoms with Crippen molar-refractivity contribution in [3.63, 3.8) is 0 Å². The Balaban J connectivity index is 1.77. The van der Waals surface area contributed by atoms with Crippen molar-refractivity contribution in [1.29, 1.82) is 5.26 Å². The summed E-state index contributed by atoms with van der Waals surface area (Å²) in [6, 6.07) is 9.84. The summed E-state index contributed by atoms with van der Waals surface area (Å²) < 4.78 is 27.1. The van der Waals surface area contributed by atoms with Crippen molar-refractivity contribution in [2.24, 2.45) is 0 Å². The van der Waals surface area contributed by atoms with Crippen molar-refractivity contribution < 1.29 is 18.4 Å². The SMILES string of the molecule is CC(C)(C)c1cccc(-c2cnccc2C(=O)NCC(=O)N2CC(F)(F)C[C@H]2C#N)c1. The monoisotopic (exact) mass is 426 g/mol. The molecule has 0 saturated carbocycles. The molecule has 1 aliphatic rings. The number of likely N-dealkylation sites (tertiary alicyclic amines) is 1. The van der Waals surface area contributed by atoms with Gasteiger partial charge in [0.05, 0.1) is 24.7 Å². The van der Waals surface area contributed by atoms with Gasteiger partial charge < -0.3 is 10.2 Å². The minimum Gasteiger partial charge on any atom is -0.343 e. The average Bonchev–Trinajstić information content (AvgIpc) is 3.06. The van der Waals surface area contributed by atoms with Crippen molar-refractivity contribution in [1.82, 2.24) is 15.2 Å². The molecule has 3 rings (SSSR count). The van der Waals surface area contributed by atoms with Crippen LogP contribution in [0.25, 0.3) is 11.1 Å². The fourth-order valence-corrected chi connectivity index (χ4v) is 3.52. The van der Waals surface area contributed by atoms with E-state index in [1.54, 1.807) is 18.3 Å². The van der Waals surface area contributed by atoms with Crippen LogP contribution in [0.1, 0.15) is 43.1 Å². The Bertz CT molecular complexity index is 1040. The van der Waals surface area contributed by atoms with Crippen LogP contribution < -0.4 is 5.32 Å². The number of hydrogen-bond acceptors (Lipinski definition) is 4. The molecule has 162 valence electrons. The highest BCUT2D eigenvalue weighted by Gasteiger charge is 2.47. The maximum Gasteiger partial charge on any atom is 0.268 e. The van der Waals surface area contributed by atoms with Crippen molar-refractivity contribution in [3.8, 4) is 17.2 Å². The Morgan fingerprint density at radius 2 is 2.06 bits per heavy atom. The Kier molecular flexibility index (Phi) is 6.07. The number of rotatable bonds is 4. The van der Waals surface area contributed by atoms with E-state index in [1.807, 2.05) is 24.3 Å². The molecule has 6 nitrogen and oxygen atoms in total. The highest BCUT2D eigenvalue weighted by molar-refractivity contribution is 6.02. The molecule has 0 radical (unpaired) electrons. The Hall–Kier alpha value is -3.34. The standard InChI is InChI=1S/C23H24F2N4O2/c1-22(2,3)16-6-4-5-15(9-16)19-12-27-8-7-18(19)21(31)28-13-20(30)29-14-23(24,25)10-17(29)11-26/h4-9,12,17H,10,13-14H2,1-3H3,(H,28,31)/t17-/m0/s1. The molecule has 2 aromatic rings. The molecule has 1 atom stereocenters. The van der Waals surface area contributed by atoms with Gasteiger partial charge in [-0.3, -0.25) is 14.6 Å². The number of amides is 2. The van der Waals surface area contributed by atoms with Crippen LogP contribution in [0, 0.1) is 11.3 Å². The third-order valence-corrected chi connectivity index (χ3v) is 5.24. The lowest BCUT2D eigenvalue weighted by atomic mass is 9.85. The van der Waals surface area contributed by atoms with Gasteiger partial charge in [0.25, 0.3) is 11.8 Å². The zero-order chi connectivity index (χ0) is 22.8. The lowest BCUT2D eigenvalue weighted by Crippen LogP contribution is -2.43. The average molecular weight is 426 g/mol. The van der Waals surface area contributed by atoms with Crippen LogP contribution in [-0.4, -0.2) is 46.8 Å². The van der Waals surface area contributed by atoms with E-state index < -0.39 is 43.3 Å². The molecule has 31 heavy (non-hydrogen) atoms. The number of carbonyl (C=O) groups excluding carboxylic acids is 2. The van der Waals surface area contributed by atoms with Gasteiger partial charge >= 0.3 is 0 Å². The Morgan fingerprint density at radius 1 is 1.32 bits per heavy atom. The second kappa shape index (κ2) is 8.42. The van der Waals surface area contributed by atoms with Crippen molar-refractivity contribution in [2.75, 3.05) is 13.1 Å². The number of nitrogens with one attached hydrogen (secondary N) is 1. The fraction of sp³-hybridized carbons (Fsp3) is 0.391. The summed E-state index contributed by atoms with van der Waals surface area (Å²) >= 11 is 0. The molecule has 0 spiro atoms. The predicted octanol–water partition coefficient (Wildman–Crippen LogP) is 3.54. The molecule has 0 unspecified atom stereocenters. The van der Waals surface area contributed by atoms with E-state index in [2.05, 4.69) is 31.1 Å². The van der Waals surface area contributed by atoms with E-state index in [-0.39, 0.29) is 5.41 Å². The quantitative estimate of drug-likeness (QED) is 0.810. The highest BCUT2D eigenvalue weighted by atomic mass is 19.3. The number of carbonyl (C=O) groups is 2. The molecule has 1 aromatic heterocycles. The lowest BCUT2D eigenvalue weighted by Gasteiger charge is -2.20. The van der Waals surface area contributed by atoms with Gasteiger partial charge in [0.1, 0.15) is 6.04 Å². The first kappa shape index (κ1) is 22.3. The lowest BCUT2D eigenvalue weighted by molar-refractivity contribution is -0.131. The number of halogens is 2. The largest absolute Gasteiger partial charge is 0.343 e. The second-order valence-electron chi connectivity index (χ2n) is 8.66. The number of pyridine rings is 1. The van der Waals surface area contributed by atoms with Gasteiger partial charge in [-0.05, 0) is 22.6 Å². The van der Waals surface area contributed by atoms with Crippen LogP contribution in [0.5, 0.6) is 0 Å². The molecule has 1 N–H and O–H groups in total. The molecule has 1 fully saturated rings. The van der Waals surface area contributed by atoms with Gasteiger partial charge in [-0.1, -0.05) is 45.0 Å². The van der Waals surface area contributed by atoms with Gasteiger partial charge in [-0.15, -0.1) is 0 Å². The number of aromatic nitrogens is 1. The summed E-state index contributed by atoms with van der Waals surface area (Å²) in [5, 5.41) is 11.5. The molecule has 8 heteroatoms. The minimum absolute atomic E-state index is 0.0812. The number of benzene rings is 1. The van der Waals surface area contributed by atoms with Crippen molar-refractivity contribution in [3.05, 3.63) is 53.9 Å². The van der Waals surface area contributed by atoms with Crippen LogP contribution in [0.4, 0.5) is 8.78 Å².